The first-order valence-corrected chi connectivity index (χ1v) is 6.64. The van der Waals surface area contributed by atoms with Crippen molar-refractivity contribution in [3.8, 4) is 0 Å². The van der Waals surface area contributed by atoms with Crippen LogP contribution in [0, 0.1) is 11.3 Å². The number of nitrogens with one attached hydrogen (secondary N) is 1. The van der Waals surface area contributed by atoms with Gasteiger partial charge >= 0.3 is 0 Å². The summed E-state index contributed by atoms with van der Waals surface area (Å²) in [7, 11) is 0. The second kappa shape index (κ2) is 4.74. The number of rotatable bonds is 5. The van der Waals surface area contributed by atoms with Gasteiger partial charge in [-0.2, -0.15) is 0 Å². The summed E-state index contributed by atoms with van der Waals surface area (Å²) in [6.45, 7) is 2.55. The van der Waals surface area contributed by atoms with E-state index in [4.69, 9.17) is 0 Å². The summed E-state index contributed by atoms with van der Waals surface area (Å²) in [5.74, 6) is 0.619. The monoisotopic (exact) mass is 225 g/mol. The minimum atomic E-state index is -0.320. The van der Waals surface area contributed by atoms with Crippen LogP contribution in [0.5, 0.6) is 0 Å². The van der Waals surface area contributed by atoms with Gasteiger partial charge in [0.1, 0.15) is 0 Å². The number of carbonyl (C=O) groups is 1. The standard InChI is InChI=1S/C13H23NO2/c1-2-13(7-3-4-8-13)12(16)14-9-11(15)10-5-6-10/h10-11,15H,2-9H2,1H3,(H,14,16). The SMILES string of the molecule is CCC1(C(=O)NCC(O)C2CC2)CCCC1. The van der Waals surface area contributed by atoms with Crippen LogP contribution in [0.15, 0.2) is 0 Å². The minimum absolute atomic E-state index is 0.122. The Morgan fingerprint density at radius 1 is 1.44 bits per heavy atom. The molecule has 0 aliphatic heterocycles. The van der Waals surface area contributed by atoms with Crippen molar-refractivity contribution in [2.45, 2.75) is 58.0 Å². The number of aliphatic hydroxyl groups is 1. The van der Waals surface area contributed by atoms with E-state index in [9.17, 15) is 9.90 Å². The molecule has 2 rings (SSSR count). The summed E-state index contributed by atoms with van der Waals surface area (Å²) in [5.41, 5.74) is -0.122. The molecule has 1 atom stereocenters. The number of amides is 1. The predicted molar refractivity (Wildman–Crippen MR) is 62.9 cm³/mol. The van der Waals surface area contributed by atoms with Crippen LogP contribution in [0.1, 0.15) is 51.9 Å². The van der Waals surface area contributed by atoms with Crippen LogP contribution in [-0.4, -0.2) is 23.7 Å². The second-order valence-electron chi connectivity index (χ2n) is 5.46. The topological polar surface area (TPSA) is 49.3 Å². The fourth-order valence-corrected chi connectivity index (χ4v) is 2.83. The lowest BCUT2D eigenvalue weighted by Crippen LogP contribution is -2.42. The first-order valence-electron chi connectivity index (χ1n) is 6.64. The molecule has 2 saturated carbocycles. The van der Waals surface area contributed by atoms with Gasteiger partial charge in [-0.25, -0.2) is 0 Å². The van der Waals surface area contributed by atoms with E-state index in [1.807, 2.05) is 0 Å². The highest BCUT2D eigenvalue weighted by atomic mass is 16.3. The van der Waals surface area contributed by atoms with E-state index in [1.54, 1.807) is 0 Å². The average Bonchev–Trinajstić information content (AvgIpc) is 3.04. The number of hydrogen-bond acceptors (Lipinski definition) is 2. The van der Waals surface area contributed by atoms with Gasteiger partial charge in [-0.1, -0.05) is 19.8 Å². The maximum absolute atomic E-state index is 12.1. The minimum Gasteiger partial charge on any atom is -0.391 e. The Bertz CT molecular complexity index is 255. The van der Waals surface area contributed by atoms with Crippen LogP contribution in [0.25, 0.3) is 0 Å². The van der Waals surface area contributed by atoms with Crippen molar-refractivity contribution in [3.05, 3.63) is 0 Å². The van der Waals surface area contributed by atoms with E-state index in [0.717, 1.165) is 32.1 Å². The van der Waals surface area contributed by atoms with Gasteiger partial charge in [-0.15, -0.1) is 0 Å². The molecule has 0 radical (unpaired) electrons. The summed E-state index contributed by atoms with van der Waals surface area (Å²) in [6.07, 6.45) is 7.24. The zero-order valence-electron chi connectivity index (χ0n) is 10.2. The van der Waals surface area contributed by atoms with E-state index in [-0.39, 0.29) is 17.4 Å². The van der Waals surface area contributed by atoms with Gasteiger partial charge in [0.15, 0.2) is 0 Å². The summed E-state index contributed by atoms with van der Waals surface area (Å²) in [6, 6.07) is 0. The molecule has 2 fully saturated rings. The van der Waals surface area contributed by atoms with Gasteiger partial charge in [0.05, 0.1) is 6.10 Å². The van der Waals surface area contributed by atoms with Gasteiger partial charge in [0.25, 0.3) is 0 Å². The molecule has 92 valence electrons. The van der Waals surface area contributed by atoms with Crippen LogP contribution < -0.4 is 5.32 Å². The fraction of sp³-hybridized carbons (Fsp3) is 0.923. The smallest absolute Gasteiger partial charge is 0.226 e. The van der Waals surface area contributed by atoms with Crippen molar-refractivity contribution < 1.29 is 9.90 Å². The first kappa shape index (κ1) is 11.9. The van der Waals surface area contributed by atoms with E-state index in [1.165, 1.54) is 12.8 Å². The Kier molecular flexibility index (Phi) is 3.53. The summed E-state index contributed by atoms with van der Waals surface area (Å²) < 4.78 is 0. The lowest BCUT2D eigenvalue weighted by atomic mass is 9.82. The van der Waals surface area contributed by atoms with Crippen molar-refractivity contribution in [2.75, 3.05) is 6.54 Å². The van der Waals surface area contributed by atoms with Crippen LogP contribution in [-0.2, 0) is 4.79 Å². The molecular weight excluding hydrogens is 202 g/mol. The lowest BCUT2D eigenvalue weighted by molar-refractivity contribution is -0.131. The third-order valence-electron chi connectivity index (χ3n) is 4.36. The molecule has 1 unspecified atom stereocenters. The van der Waals surface area contributed by atoms with E-state index in [2.05, 4.69) is 12.2 Å². The van der Waals surface area contributed by atoms with Crippen molar-refractivity contribution in [3.63, 3.8) is 0 Å². The maximum atomic E-state index is 12.1. The van der Waals surface area contributed by atoms with Crippen molar-refractivity contribution in [2.24, 2.45) is 11.3 Å². The van der Waals surface area contributed by atoms with Crippen LogP contribution in [0.2, 0.25) is 0 Å². The molecule has 3 nitrogen and oxygen atoms in total. The molecule has 0 bridgehead atoms. The van der Waals surface area contributed by atoms with Gasteiger partial charge in [-0.3, -0.25) is 4.79 Å². The largest absolute Gasteiger partial charge is 0.391 e. The zero-order chi connectivity index (χ0) is 11.6. The molecule has 0 spiro atoms. The third kappa shape index (κ3) is 2.40. The maximum Gasteiger partial charge on any atom is 0.226 e. The van der Waals surface area contributed by atoms with Gasteiger partial charge in [0.2, 0.25) is 5.91 Å². The molecule has 0 aromatic heterocycles. The van der Waals surface area contributed by atoms with E-state index >= 15 is 0 Å². The molecule has 0 saturated heterocycles. The number of aliphatic hydroxyl groups excluding tert-OH is 1. The molecule has 0 aromatic carbocycles. The van der Waals surface area contributed by atoms with Crippen LogP contribution in [0.4, 0.5) is 0 Å². The summed E-state index contributed by atoms with van der Waals surface area (Å²) in [5, 5.41) is 12.7. The Balaban J connectivity index is 1.81. The Morgan fingerprint density at radius 2 is 2.06 bits per heavy atom. The number of carbonyl (C=O) groups excluding carboxylic acids is 1. The molecule has 16 heavy (non-hydrogen) atoms. The molecule has 3 heteroatoms. The molecular formula is C13H23NO2. The lowest BCUT2D eigenvalue weighted by Gasteiger charge is -2.26. The Labute approximate surface area is 97.6 Å². The number of hydrogen-bond donors (Lipinski definition) is 2. The Morgan fingerprint density at radius 3 is 2.56 bits per heavy atom. The third-order valence-corrected chi connectivity index (χ3v) is 4.36. The summed E-state index contributed by atoms with van der Waals surface area (Å²) >= 11 is 0. The quantitative estimate of drug-likeness (QED) is 0.750. The van der Waals surface area contributed by atoms with Crippen molar-refractivity contribution >= 4 is 5.91 Å². The second-order valence-corrected chi connectivity index (χ2v) is 5.46. The van der Waals surface area contributed by atoms with Crippen molar-refractivity contribution in [1.82, 2.24) is 5.32 Å². The summed E-state index contributed by atoms with van der Waals surface area (Å²) in [4.78, 5) is 12.1. The fourth-order valence-electron chi connectivity index (χ4n) is 2.83. The highest BCUT2D eigenvalue weighted by Crippen LogP contribution is 2.41. The zero-order valence-corrected chi connectivity index (χ0v) is 10.2. The normalized spacial score (nSPS) is 25.4. The van der Waals surface area contributed by atoms with E-state index < -0.39 is 0 Å². The molecule has 0 heterocycles. The van der Waals surface area contributed by atoms with Gasteiger partial charge < -0.3 is 10.4 Å². The molecule has 1 amide bonds. The molecule has 2 aliphatic carbocycles. The average molecular weight is 225 g/mol. The highest BCUT2D eigenvalue weighted by Gasteiger charge is 2.39. The molecule has 2 N–H and O–H groups in total. The molecule has 0 aromatic rings. The molecule has 2 aliphatic rings. The highest BCUT2D eigenvalue weighted by molar-refractivity contribution is 5.82. The Hall–Kier alpha value is -0.570. The predicted octanol–water partition coefficient (Wildman–Crippen LogP) is 1.84. The van der Waals surface area contributed by atoms with Gasteiger partial charge in [-0.05, 0) is 38.0 Å². The van der Waals surface area contributed by atoms with Crippen LogP contribution >= 0.6 is 0 Å². The van der Waals surface area contributed by atoms with E-state index in [0.29, 0.717) is 12.5 Å². The van der Waals surface area contributed by atoms with Crippen molar-refractivity contribution in [1.29, 1.82) is 0 Å². The van der Waals surface area contributed by atoms with Crippen LogP contribution in [0.3, 0.4) is 0 Å². The van der Waals surface area contributed by atoms with Gasteiger partial charge in [0, 0.05) is 12.0 Å². The first-order chi connectivity index (χ1) is 7.68.